The van der Waals surface area contributed by atoms with Crippen LogP contribution in [0.25, 0.3) is 10.6 Å². The summed E-state index contributed by atoms with van der Waals surface area (Å²) in [5.74, 6) is 1.60. The van der Waals surface area contributed by atoms with Crippen molar-refractivity contribution in [3.8, 4) is 16.3 Å². The number of rotatable bonds is 6. The molecule has 0 atom stereocenters. The van der Waals surface area contributed by atoms with E-state index in [2.05, 4.69) is 38.1 Å². The van der Waals surface area contributed by atoms with Crippen molar-refractivity contribution in [1.29, 1.82) is 0 Å². The molecule has 26 heavy (non-hydrogen) atoms. The number of carbonyl (C=O) groups is 1. The molecule has 0 saturated carbocycles. The van der Waals surface area contributed by atoms with Gasteiger partial charge in [-0.15, -0.1) is 23.0 Å². The first-order chi connectivity index (χ1) is 12.7. The number of thiazole rings is 1. The van der Waals surface area contributed by atoms with Crippen LogP contribution in [-0.2, 0) is 6.42 Å². The molecule has 4 rings (SSSR count). The van der Waals surface area contributed by atoms with Crippen LogP contribution in [0.5, 0.6) is 5.75 Å². The number of ether oxygens (including phenoxy) is 1. The number of aromatic amines is 1. The molecule has 0 bridgehead atoms. The van der Waals surface area contributed by atoms with E-state index < -0.39 is 0 Å². The zero-order valence-electron chi connectivity index (χ0n) is 13.7. The molecular weight excluding hydrogens is 370 g/mol. The van der Waals surface area contributed by atoms with Gasteiger partial charge < -0.3 is 4.74 Å². The Bertz CT molecular complexity index is 966. The van der Waals surface area contributed by atoms with Crippen molar-refractivity contribution in [1.82, 2.24) is 20.2 Å². The average Bonchev–Trinajstić information content (AvgIpc) is 3.39. The van der Waals surface area contributed by atoms with E-state index in [0.29, 0.717) is 29.2 Å². The molecule has 132 valence electrons. The molecule has 1 aliphatic heterocycles. The summed E-state index contributed by atoms with van der Waals surface area (Å²) in [6, 6.07) is 5.99. The molecule has 0 spiro atoms. The molecule has 3 heterocycles. The van der Waals surface area contributed by atoms with Gasteiger partial charge in [-0.1, -0.05) is 17.8 Å². The number of aromatic nitrogens is 4. The van der Waals surface area contributed by atoms with Gasteiger partial charge in [0.2, 0.25) is 11.1 Å². The van der Waals surface area contributed by atoms with Gasteiger partial charge in [0.25, 0.3) is 5.91 Å². The lowest BCUT2D eigenvalue weighted by molar-refractivity contribution is 0.102. The number of fused-ring (bicyclic) bond motifs is 1. The number of nitrogens with zero attached hydrogens (tertiary/aromatic N) is 3. The van der Waals surface area contributed by atoms with Crippen molar-refractivity contribution in [2.24, 2.45) is 0 Å². The molecule has 0 radical (unpaired) electrons. The summed E-state index contributed by atoms with van der Waals surface area (Å²) in [6.45, 7) is 4.36. The van der Waals surface area contributed by atoms with E-state index in [4.69, 9.17) is 4.74 Å². The Kier molecular flexibility index (Phi) is 4.72. The number of carbonyl (C=O) groups excluding carboxylic acids is 1. The molecular formula is C17H15N5O2S2. The van der Waals surface area contributed by atoms with Crippen molar-refractivity contribution in [2.45, 2.75) is 11.6 Å². The summed E-state index contributed by atoms with van der Waals surface area (Å²) in [5.41, 5.74) is 2.51. The van der Waals surface area contributed by atoms with Crippen molar-refractivity contribution in [3.63, 3.8) is 0 Å². The Morgan fingerprint density at radius 1 is 1.46 bits per heavy atom. The standard InChI is InChI=1S/C17H15N5O2S2/c1-2-7-25-17-20-16(21-22-17)19-14(23)12-9-26-15(18-12)11-3-4-13-10(8-11)5-6-24-13/h2-4,8-9H,1,5-7H2,(H2,19,20,21,22,23). The minimum Gasteiger partial charge on any atom is -0.493 e. The Hall–Kier alpha value is -2.65. The maximum absolute atomic E-state index is 12.4. The number of H-pyrrole nitrogens is 1. The predicted octanol–water partition coefficient (Wildman–Crippen LogP) is 3.39. The van der Waals surface area contributed by atoms with Crippen molar-refractivity contribution in [3.05, 3.63) is 47.5 Å². The van der Waals surface area contributed by atoms with Crippen LogP contribution in [-0.4, -0.2) is 38.4 Å². The Labute approximate surface area is 157 Å². The molecule has 9 heteroatoms. The number of hydrogen-bond donors (Lipinski definition) is 2. The van der Waals surface area contributed by atoms with Crippen molar-refractivity contribution in [2.75, 3.05) is 17.7 Å². The number of hydrogen-bond acceptors (Lipinski definition) is 7. The van der Waals surface area contributed by atoms with Gasteiger partial charge in [0.05, 0.1) is 6.61 Å². The van der Waals surface area contributed by atoms with Crippen LogP contribution in [0, 0.1) is 0 Å². The fourth-order valence-corrected chi connectivity index (χ4v) is 3.83. The lowest BCUT2D eigenvalue weighted by Gasteiger charge is -2.01. The first kappa shape index (κ1) is 16.8. The monoisotopic (exact) mass is 385 g/mol. The maximum Gasteiger partial charge on any atom is 0.277 e. The number of thioether (sulfide) groups is 1. The molecule has 2 N–H and O–H groups in total. The first-order valence-corrected chi connectivity index (χ1v) is 9.78. The van der Waals surface area contributed by atoms with Gasteiger partial charge in [-0.25, -0.2) is 10.1 Å². The number of benzene rings is 1. The lowest BCUT2D eigenvalue weighted by Crippen LogP contribution is -2.13. The second kappa shape index (κ2) is 7.30. The third kappa shape index (κ3) is 3.49. The van der Waals surface area contributed by atoms with Crippen LogP contribution in [0.4, 0.5) is 5.95 Å². The van der Waals surface area contributed by atoms with Gasteiger partial charge in [0.1, 0.15) is 16.5 Å². The maximum atomic E-state index is 12.4. The second-order valence-corrected chi connectivity index (χ2v) is 7.32. The summed E-state index contributed by atoms with van der Waals surface area (Å²) in [6.07, 6.45) is 2.67. The highest BCUT2D eigenvalue weighted by atomic mass is 32.2. The first-order valence-electron chi connectivity index (χ1n) is 7.92. The van der Waals surface area contributed by atoms with Gasteiger partial charge in [-0.05, 0) is 23.8 Å². The molecule has 0 fully saturated rings. The highest BCUT2D eigenvalue weighted by molar-refractivity contribution is 7.99. The zero-order chi connectivity index (χ0) is 17.9. The molecule has 2 aromatic heterocycles. The van der Waals surface area contributed by atoms with Gasteiger partial charge in [-0.3, -0.25) is 10.1 Å². The van der Waals surface area contributed by atoms with Gasteiger partial charge >= 0.3 is 0 Å². The minimum absolute atomic E-state index is 0.297. The molecule has 0 aliphatic carbocycles. The van der Waals surface area contributed by atoms with E-state index in [1.54, 1.807) is 11.5 Å². The highest BCUT2D eigenvalue weighted by Crippen LogP contribution is 2.32. The zero-order valence-corrected chi connectivity index (χ0v) is 15.3. The van der Waals surface area contributed by atoms with Crippen LogP contribution in [0.3, 0.4) is 0 Å². The number of nitrogens with one attached hydrogen (secondary N) is 2. The SMILES string of the molecule is C=CCSc1n[nH]c(NC(=O)c2csc(-c3ccc4c(c3)CCO4)n2)n1. The van der Waals surface area contributed by atoms with Crippen LogP contribution in [0.15, 0.2) is 41.4 Å². The van der Waals surface area contributed by atoms with Crippen LogP contribution >= 0.6 is 23.1 Å². The molecule has 1 aromatic carbocycles. The summed E-state index contributed by atoms with van der Waals surface area (Å²) in [5, 5.41) is 12.5. The predicted molar refractivity (Wildman–Crippen MR) is 102 cm³/mol. The summed E-state index contributed by atoms with van der Waals surface area (Å²) < 4.78 is 5.52. The smallest absolute Gasteiger partial charge is 0.277 e. The van der Waals surface area contributed by atoms with Gasteiger partial charge in [0.15, 0.2) is 0 Å². The third-order valence-electron chi connectivity index (χ3n) is 3.70. The highest BCUT2D eigenvalue weighted by Gasteiger charge is 2.17. The van der Waals surface area contributed by atoms with Gasteiger partial charge in [-0.2, -0.15) is 4.98 Å². The van der Waals surface area contributed by atoms with Gasteiger partial charge in [0, 0.05) is 23.1 Å². The average molecular weight is 385 g/mol. The molecule has 3 aromatic rings. The molecule has 0 saturated heterocycles. The van der Waals surface area contributed by atoms with Crippen molar-refractivity contribution >= 4 is 35.0 Å². The van der Waals surface area contributed by atoms with E-state index in [1.165, 1.54) is 28.7 Å². The quantitative estimate of drug-likeness (QED) is 0.499. The minimum atomic E-state index is -0.326. The second-order valence-electron chi connectivity index (χ2n) is 5.48. The van der Waals surface area contributed by atoms with E-state index in [0.717, 1.165) is 22.7 Å². The normalized spacial score (nSPS) is 12.5. The number of anilines is 1. The Morgan fingerprint density at radius 3 is 3.27 bits per heavy atom. The summed E-state index contributed by atoms with van der Waals surface area (Å²) in [4.78, 5) is 21.0. The van der Waals surface area contributed by atoms with E-state index in [1.807, 2.05) is 12.1 Å². The molecule has 1 aliphatic rings. The van der Waals surface area contributed by atoms with Crippen LogP contribution < -0.4 is 10.1 Å². The fourth-order valence-electron chi connectivity index (χ4n) is 2.50. The van der Waals surface area contributed by atoms with E-state index >= 15 is 0 Å². The summed E-state index contributed by atoms with van der Waals surface area (Å²) >= 11 is 2.86. The van der Waals surface area contributed by atoms with E-state index in [-0.39, 0.29) is 5.91 Å². The fraction of sp³-hybridized carbons (Fsp3) is 0.176. The lowest BCUT2D eigenvalue weighted by atomic mass is 10.1. The topological polar surface area (TPSA) is 92.8 Å². The largest absolute Gasteiger partial charge is 0.493 e. The molecule has 0 unspecified atom stereocenters. The Morgan fingerprint density at radius 2 is 2.38 bits per heavy atom. The molecule has 7 nitrogen and oxygen atoms in total. The van der Waals surface area contributed by atoms with E-state index in [9.17, 15) is 4.79 Å². The Balaban J connectivity index is 1.46. The van der Waals surface area contributed by atoms with Crippen LogP contribution in [0.1, 0.15) is 16.1 Å². The van der Waals surface area contributed by atoms with Crippen molar-refractivity contribution < 1.29 is 9.53 Å². The van der Waals surface area contributed by atoms with Crippen LogP contribution in [0.2, 0.25) is 0 Å². The summed E-state index contributed by atoms with van der Waals surface area (Å²) in [7, 11) is 0. The number of amides is 1. The molecule has 1 amide bonds. The third-order valence-corrected chi connectivity index (χ3v) is 5.43.